The molecule has 3 aromatic carbocycles. The van der Waals surface area contributed by atoms with E-state index in [2.05, 4.69) is 12.2 Å². The van der Waals surface area contributed by atoms with Gasteiger partial charge in [-0.15, -0.1) is 11.8 Å². The fourth-order valence-corrected chi connectivity index (χ4v) is 5.93. The van der Waals surface area contributed by atoms with E-state index in [-0.39, 0.29) is 30.0 Å². The summed E-state index contributed by atoms with van der Waals surface area (Å²) in [5, 5.41) is 2.89. The minimum atomic E-state index is -1.22. The molecule has 7 heteroatoms. The van der Waals surface area contributed by atoms with Gasteiger partial charge in [-0.1, -0.05) is 55.0 Å². The number of carbonyl (C=O) groups is 3. The van der Waals surface area contributed by atoms with Crippen LogP contribution in [0.1, 0.15) is 23.6 Å². The van der Waals surface area contributed by atoms with Gasteiger partial charge in [-0.2, -0.15) is 0 Å². The summed E-state index contributed by atoms with van der Waals surface area (Å²) in [5.41, 5.74) is 5.00. The summed E-state index contributed by atoms with van der Waals surface area (Å²) in [6.45, 7) is 3.92. The first-order chi connectivity index (χ1) is 16.4. The number of benzene rings is 3. The molecule has 1 fully saturated rings. The SMILES string of the molecule is CCc1ccc(NC(=O)CN2C(=O)C3(SCC(=O)N3c3ccc(C)cc3)c3ccccc32)cc1. The van der Waals surface area contributed by atoms with Crippen molar-refractivity contribution in [3.8, 4) is 0 Å². The van der Waals surface area contributed by atoms with Gasteiger partial charge in [0.05, 0.1) is 11.4 Å². The summed E-state index contributed by atoms with van der Waals surface area (Å²) in [4.78, 5) is 41.9. The Bertz CT molecular complexity index is 1270. The molecule has 0 aliphatic carbocycles. The van der Waals surface area contributed by atoms with Gasteiger partial charge in [0.2, 0.25) is 16.7 Å². The highest BCUT2D eigenvalue weighted by molar-refractivity contribution is 8.02. The Labute approximate surface area is 202 Å². The molecule has 2 aliphatic rings. The predicted octanol–water partition coefficient (Wildman–Crippen LogP) is 4.48. The van der Waals surface area contributed by atoms with Crippen LogP contribution in [0.25, 0.3) is 0 Å². The smallest absolute Gasteiger partial charge is 0.269 e. The molecule has 0 bridgehead atoms. The molecule has 0 aromatic heterocycles. The van der Waals surface area contributed by atoms with Crippen molar-refractivity contribution < 1.29 is 14.4 Å². The average molecular weight is 472 g/mol. The molecular formula is C27H25N3O3S. The lowest BCUT2D eigenvalue weighted by Gasteiger charge is -2.33. The highest BCUT2D eigenvalue weighted by atomic mass is 32.2. The molecule has 172 valence electrons. The maximum atomic E-state index is 14.0. The van der Waals surface area contributed by atoms with E-state index >= 15 is 0 Å². The summed E-state index contributed by atoms with van der Waals surface area (Å²) >= 11 is 1.31. The van der Waals surface area contributed by atoms with Crippen molar-refractivity contribution in [2.45, 2.75) is 25.1 Å². The van der Waals surface area contributed by atoms with Crippen molar-refractivity contribution in [3.05, 3.63) is 89.5 Å². The molecule has 1 saturated heterocycles. The largest absolute Gasteiger partial charge is 0.325 e. The Morgan fingerprint density at radius 2 is 1.71 bits per heavy atom. The van der Waals surface area contributed by atoms with E-state index in [1.165, 1.54) is 22.2 Å². The normalized spacial score (nSPS) is 19.1. The second-order valence-corrected chi connectivity index (χ2v) is 9.67. The Hall–Kier alpha value is -3.58. The Morgan fingerprint density at radius 1 is 1.00 bits per heavy atom. The van der Waals surface area contributed by atoms with Gasteiger partial charge in [-0.05, 0) is 49.2 Å². The van der Waals surface area contributed by atoms with Crippen LogP contribution in [-0.2, 0) is 25.7 Å². The second-order valence-electron chi connectivity index (χ2n) is 8.50. The number of nitrogens with zero attached hydrogens (tertiary/aromatic N) is 2. The molecule has 2 aliphatic heterocycles. The Balaban J connectivity index is 1.48. The van der Waals surface area contributed by atoms with Crippen molar-refractivity contribution in [1.82, 2.24) is 0 Å². The van der Waals surface area contributed by atoms with Crippen LogP contribution in [0.2, 0.25) is 0 Å². The maximum absolute atomic E-state index is 14.0. The highest BCUT2D eigenvalue weighted by Gasteiger charge is 2.61. The first-order valence-corrected chi connectivity index (χ1v) is 12.3. The van der Waals surface area contributed by atoms with Crippen molar-refractivity contribution >= 4 is 46.5 Å². The molecule has 1 unspecified atom stereocenters. The number of rotatable bonds is 5. The van der Waals surface area contributed by atoms with Gasteiger partial charge in [-0.3, -0.25) is 24.2 Å². The Morgan fingerprint density at radius 3 is 2.41 bits per heavy atom. The van der Waals surface area contributed by atoms with Crippen molar-refractivity contribution in [1.29, 1.82) is 0 Å². The minimum Gasteiger partial charge on any atom is -0.325 e. The molecular weight excluding hydrogens is 446 g/mol. The van der Waals surface area contributed by atoms with Crippen LogP contribution < -0.4 is 15.1 Å². The lowest BCUT2D eigenvalue weighted by molar-refractivity contribution is -0.124. The van der Waals surface area contributed by atoms with E-state index in [1.54, 1.807) is 4.90 Å². The number of para-hydroxylation sites is 1. The number of carbonyl (C=O) groups excluding carboxylic acids is 3. The molecule has 6 nitrogen and oxygen atoms in total. The molecule has 5 rings (SSSR count). The van der Waals surface area contributed by atoms with Crippen LogP contribution >= 0.6 is 11.8 Å². The van der Waals surface area contributed by atoms with Crippen molar-refractivity contribution in [3.63, 3.8) is 0 Å². The van der Waals surface area contributed by atoms with Crippen LogP contribution in [0, 0.1) is 6.92 Å². The van der Waals surface area contributed by atoms with E-state index in [0.29, 0.717) is 17.1 Å². The molecule has 1 atom stereocenters. The monoisotopic (exact) mass is 471 g/mol. The predicted molar refractivity (Wildman–Crippen MR) is 136 cm³/mol. The van der Waals surface area contributed by atoms with E-state index in [0.717, 1.165) is 17.5 Å². The zero-order chi connectivity index (χ0) is 23.9. The molecule has 0 radical (unpaired) electrons. The average Bonchev–Trinajstić information content (AvgIpc) is 3.31. The molecule has 0 saturated carbocycles. The quantitative estimate of drug-likeness (QED) is 0.596. The number of hydrogen-bond acceptors (Lipinski definition) is 4. The molecule has 3 amide bonds. The van der Waals surface area contributed by atoms with Crippen molar-refractivity contribution in [2.24, 2.45) is 0 Å². The van der Waals surface area contributed by atoms with Gasteiger partial charge in [0.1, 0.15) is 6.54 Å². The zero-order valence-corrected chi connectivity index (χ0v) is 19.9. The van der Waals surface area contributed by atoms with Crippen LogP contribution in [0.4, 0.5) is 17.1 Å². The zero-order valence-electron chi connectivity index (χ0n) is 19.1. The lowest BCUT2D eigenvalue weighted by Crippen LogP contribution is -2.50. The van der Waals surface area contributed by atoms with Crippen molar-refractivity contribution in [2.75, 3.05) is 27.4 Å². The first-order valence-electron chi connectivity index (χ1n) is 11.3. The number of nitrogens with one attached hydrogen (secondary N) is 1. The number of amides is 3. The number of anilines is 3. The van der Waals surface area contributed by atoms with Crippen LogP contribution in [0.15, 0.2) is 72.8 Å². The molecule has 1 N–H and O–H groups in total. The molecule has 1 spiro atoms. The summed E-state index contributed by atoms with van der Waals surface area (Å²) in [5.74, 6) is -0.501. The third-order valence-corrected chi connectivity index (χ3v) is 7.69. The van der Waals surface area contributed by atoms with E-state index < -0.39 is 4.87 Å². The van der Waals surface area contributed by atoms with Crippen LogP contribution in [0.3, 0.4) is 0 Å². The van der Waals surface area contributed by atoms with E-state index in [9.17, 15) is 14.4 Å². The highest BCUT2D eigenvalue weighted by Crippen LogP contribution is 2.55. The number of aryl methyl sites for hydroxylation is 2. The summed E-state index contributed by atoms with van der Waals surface area (Å²) in [6.07, 6.45) is 0.920. The van der Waals surface area contributed by atoms with E-state index in [4.69, 9.17) is 0 Å². The number of thioether (sulfide) groups is 1. The minimum absolute atomic E-state index is 0.126. The van der Waals surface area contributed by atoms with Gasteiger partial charge in [0.15, 0.2) is 0 Å². The second kappa shape index (κ2) is 8.65. The fraction of sp³-hybridized carbons (Fsp3) is 0.222. The van der Waals surface area contributed by atoms with Crippen LogP contribution in [0.5, 0.6) is 0 Å². The van der Waals surface area contributed by atoms with Gasteiger partial charge in [0, 0.05) is 16.9 Å². The summed E-state index contributed by atoms with van der Waals surface area (Å²) < 4.78 is 0. The first kappa shape index (κ1) is 22.2. The number of hydrogen-bond donors (Lipinski definition) is 1. The van der Waals surface area contributed by atoms with Gasteiger partial charge < -0.3 is 5.32 Å². The fourth-order valence-electron chi connectivity index (χ4n) is 4.57. The summed E-state index contributed by atoms with van der Waals surface area (Å²) in [7, 11) is 0. The van der Waals surface area contributed by atoms with Gasteiger partial charge in [-0.25, -0.2) is 0 Å². The topological polar surface area (TPSA) is 69.7 Å². The van der Waals surface area contributed by atoms with Gasteiger partial charge in [0.25, 0.3) is 5.91 Å². The lowest BCUT2D eigenvalue weighted by atomic mass is 10.0. The van der Waals surface area contributed by atoms with Gasteiger partial charge >= 0.3 is 0 Å². The third-order valence-electron chi connectivity index (χ3n) is 6.30. The molecule has 3 aromatic rings. The Kier molecular flexibility index (Phi) is 5.65. The number of fused-ring (bicyclic) bond motifs is 2. The van der Waals surface area contributed by atoms with Crippen LogP contribution in [-0.4, -0.2) is 30.0 Å². The molecule has 34 heavy (non-hydrogen) atoms. The summed E-state index contributed by atoms with van der Waals surface area (Å²) in [6, 6.07) is 22.7. The standard InChI is InChI=1S/C27H25N3O3S/c1-3-19-10-12-20(13-11-19)28-24(31)16-29-23-7-5-4-6-22(23)27(26(29)33)30(25(32)17-34-27)21-14-8-18(2)9-15-21/h4-15H,3,16-17H2,1-2H3,(H,28,31). The maximum Gasteiger partial charge on any atom is 0.269 e. The van der Waals surface area contributed by atoms with E-state index in [1.807, 2.05) is 79.7 Å². The third kappa shape index (κ3) is 3.56. The molecule has 2 heterocycles.